The van der Waals surface area contributed by atoms with E-state index in [-0.39, 0.29) is 10.9 Å². The molecule has 2 aromatic heterocycles. The molecular formula is C16H22N6O2S. The SMILES string of the molecule is Cc1cc(S(=O)(=O)N(C)[C@H]2CCN(C)C2)cc(-c2cnc(N)cn2)n1. The Morgan fingerprint density at radius 3 is 2.60 bits per heavy atom. The lowest BCUT2D eigenvalue weighted by Gasteiger charge is -2.24. The van der Waals surface area contributed by atoms with Gasteiger partial charge in [-0.25, -0.2) is 18.4 Å². The first-order valence-electron chi connectivity index (χ1n) is 8.00. The summed E-state index contributed by atoms with van der Waals surface area (Å²) in [5.74, 6) is 0.300. The third kappa shape index (κ3) is 3.63. The van der Waals surface area contributed by atoms with Crippen LogP contribution in [0, 0.1) is 6.92 Å². The summed E-state index contributed by atoms with van der Waals surface area (Å²) in [6.07, 6.45) is 3.74. The lowest BCUT2D eigenvalue weighted by Crippen LogP contribution is -2.38. The number of aromatic nitrogens is 3. The molecule has 0 aromatic carbocycles. The van der Waals surface area contributed by atoms with Crippen molar-refractivity contribution in [2.24, 2.45) is 0 Å². The molecule has 0 radical (unpaired) electrons. The normalized spacial score (nSPS) is 18.8. The highest BCUT2D eigenvalue weighted by atomic mass is 32.2. The summed E-state index contributed by atoms with van der Waals surface area (Å²) in [4.78, 5) is 14.9. The van der Waals surface area contributed by atoms with Gasteiger partial charge in [0.1, 0.15) is 11.5 Å². The summed E-state index contributed by atoms with van der Waals surface area (Å²) >= 11 is 0. The summed E-state index contributed by atoms with van der Waals surface area (Å²) in [6.45, 7) is 3.39. The van der Waals surface area contributed by atoms with E-state index in [9.17, 15) is 8.42 Å². The van der Waals surface area contributed by atoms with Crippen molar-refractivity contribution >= 4 is 15.8 Å². The van der Waals surface area contributed by atoms with E-state index < -0.39 is 10.0 Å². The van der Waals surface area contributed by atoms with E-state index in [4.69, 9.17) is 5.73 Å². The van der Waals surface area contributed by atoms with Crippen LogP contribution in [0.5, 0.6) is 0 Å². The van der Waals surface area contributed by atoms with E-state index in [1.165, 1.54) is 22.8 Å². The van der Waals surface area contributed by atoms with Crippen LogP contribution in [0.15, 0.2) is 29.4 Å². The van der Waals surface area contributed by atoms with E-state index >= 15 is 0 Å². The predicted molar refractivity (Wildman–Crippen MR) is 95.3 cm³/mol. The van der Waals surface area contributed by atoms with Gasteiger partial charge in [-0.15, -0.1) is 0 Å². The molecule has 1 fully saturated rings. The number of hydrogen-bond donors (Lipinski definition) is 1. The van der Waals surface area contributed by atoms with Crippen LogP contribution in [-0.2, 0) is 10.0 Å². The molecule has 8 nitrogen and oxygen atoms in total. The molecule has 1 saturated heterocycles. The maximum Gasteiger partial charge on any atom is 0.243 e. The first-order chi connectivity index (χ1) is 11.8. The smallest absolute Gasteiger partial charge is 0.243 e. The van der Waals surface area contributed by atoms with Gasteiger partial charge in [0, 0.05) is 25.3 Å². The molecule has 1 aliphatic rings. The molecule has 0 unspecified atom stereocenters. The number of pyridine rings is 1. The van der Waals surface area contributed by atoms with Crippen LogP contribution in [0.3, 0.4) is 0 Å². The first kappa shape index (κ1) is 17.7. The number of anilines is 1. The Morgan fingerprint density at radius 2 is 2.00 bits per heavy atom. The van der Waals surface area contributed by atoms with E-state index in [1.54, 1.807) is 20.0 Å². The van der Waals surface area contributed by atoms with Crippen molar-refractivity contribution in [3.63, 3.8) is 0 Å². The molecule has 2 N–H and O–H groups in total. The van der Waals surface area contributed by atoms with Gasteiger partial charge in [0.05, 0.1) is 23.0 Å². The number of rotatable bonds is 4. The maximum absolute atomic E-state index is 13.0. The Labute approximate surface area is 147 Å². The zero-order valence-electron chi connectivity index (χ0n) is 14.5. The summed E-state index contributed by atoms with van der Waals surface area (Å²) < 4.78 is 27.5. The standard InChI is InChI=1S/C16H22N6O2S/c1-11-6-13(7-14(20-11)15-8-19-16(17)9-18-15)25(23,24)22(3)12-4-5-21(2)10-12/h6-9,12H,4-5,10H2,1-3H3,(H2,17,19)/t12-/m0/s1. The van der Waals surface area contributed by atoms with Crippen LogP contribution in [-0.4, -0.2) is 65.8 Å². The average molecular weight is 362 g/mol. The van der Waals surface area contributed by atoms with Gasteiger partial charge in [0.2, 0.25) is 10.0 Å². The molecule has 0 amide bonds. The topological polar surface area (TPSA) is 105 Å². The highest BCUT2D eigenvalue weighted by molar-refractivity contribution is 7.89. The molecule has 1 aliphatic heterocycles. The monoisotopic (exact) mass is 362 g/mol. The minimum absolute atomic E-state index is 0.0248. The molecule has 0 saturated carbocycles. The largest absolute Gasteiger partial charge is 0.382 e. The third-order valence-corrected chi connectivity index (χ3v) is 6.31. The lowest BCUT2D eigenvalue weighted by molar-refractivity contribution is 0.345. The number of aryl methyl sites for hydroxylation is 1. The molecule has 0 aliphatic carbocycles. The van der Waals surface area contributed by atoms with E-state index in [1.807, 2.05) is 7.05 Å². The van der Waals surface area contributed by atoms with Crippen LogP contribution in [0.25, 0.3) is 11.4 Å². The van der Waals surface area contributed by atoms with Crippen LogP contribution in [0.4, 0.5) is 5.82 Å². The van der Waals surface area contributed by atoms with Crippen LogP contribution >= 0.6 is 0 Å². The average Bonchev–Trinajstić information content (AvgIpc) is 3.00. The fourth-order valence-corrected chi connectivity index (χ4v) is 4.44. The Balaban J connectivity index is 1.97. The molecule has 3 heterocycles. The van der Waals surface area contributed by atoms with Crippen molar-refractivity contribution in [1.29, 1.82) is 0 Å². The number of likely N-dealkylation sites (N-methyl/N-ethyl adjacent to an activating group) is 2. The van der Waals surface area contributed by atoms with Gasteiger partial charge in [0.15, 0.2) is 0 Å². The quantitative estimate of drug-likeness (QED) is 0.855. The van der Waals surface area contributed by atoms with Gasteiger partial charge >= 0.3 is 0 Å². The number of nitrogens with zero attached hydrogens (tertiary/aromatic N) is 5. The van der Waals surface area contributed by atoms with Crippen molar-refractivity contribution in [3.8, 4) is 11.4 Å². The highest BCUT2D eigenvalue weighted by Crippen LogP contribution is 2.25. The molecule has 2 aromatic rings. The highest BCUT2D eigenvalue weighted by Gasteiger charge is 2.32. The van der Waals surface area contributed by atoms with Gasteiger partial charge in [-0.3, -0.25) is 4.98 Å². The predicted octanol–water partition coefficient (Wildman–Crippen LogP) is 0.754. The summed E-state index contributed by atoms with van der Waals surface area (Å²) in [5.41, 5.74) is 7.10. The van der Waals surface area contributed by atoms with Gasteiger partial charge < -0.3 is 10.6 Å². The summed E-state index contributed by atoms with van der Waals surface area (Å²) in [7, 11) is 0.0183. The van der Waals surface area contributed by atoms with Crippen molar-refractivity contribution in [3.05, 3.63) is 30.2 Å². The van der Waals surface area contributed by atoms with Crippen molar-refractivity contribution in [2.45, 2.75) is 24.3 Å². The van der Waals surface area contributed by atoms with Crippen LogP contribution < -0.4 is 5.73 Å². The minimum Gasteiger partial charge on any atom is -0.382 e. The first-order valence-corrected chi connectivity index (χ1v) is 9.44. The second kappa shape index (κ2) is 6.66. The number of sulfonamides is 1. The molecule has 1 atom stereocenters. The van der Waals surface area contributed by atoms with Gasteiger partial charge in [-0.2, -0.15) is 4.31 Å². The molecule has 134 valence electrons. The Hall–Kier alpha value is -2.10. The van der Waals surface area contributed by atoms with Crippen LogP contribution in [0.1, 0.15) is 12.1 Å². The molecule has 3 rings (SSSR count). The zero-order chi connectivity index (χ0) is 18.2. The minimum atomic E-state index is -3.61. The van der Waals surface area contributed by atoms with E-state index in [0.29, 0.717) is 22.9 Å². The number of nitrogen functional groups attached to an aromatic ring is 1. The molecule has 0 bridgehead atoms. The van der Waals surface area contributed by atoms with Crippen molar-refractivity contribution in [1.82, 2.24) is 24.2 Å². The van der Waals surface area contributed by atoms with Gasteiger partial charge in [-0.1, -0.05) is 0 Å². The Kier molecular flexibility index (Phi) is 4.72. The maximum atomic E-state index is 13.0. The van der Waals surface area contributed by atoms with E-state index in [2.05, 4.69) is 19.9 Å². The number of hydrogen-bond acceptors (Lipinski definition) is 7. The van der Waals surface area contributed by atoms with Crippen LogP contribution in [0.2, 0.25) is 0 Å². The molecule has 25 heavy (non-hydrogen) atoms. The summed E-state index contributed by atoms with van der Waals surface area (Å²) in [5, 5.41) is 0. The molecule has 9 heteroatoms. The van der Waals surface area contributed by atoms with E-state index in [0.717, 1.165) is 19.5 Å². The Bertz CT molecular complexity index is 869. The Morgan fingerprint density at radius 1 is 1.24 bits per heavy atom. The van der Waals surface area contributed by atoms with Crippen molar-refractivity contribution in [2.75, 3.05) is 32.9 Å². The number of nitrogens with two attached hydrogens (primary N) is 1. The fourth-order valence-electron chi connectivity index (χ4n) is 2.96. The van der Waals surface area contributed by atoms with Gasteiger partial charge in [-0.05, 0) is 39.1 Å². The van der Waals surface area contributed by atoms with Crippen molar-refractivity contribution < 1.29 is 8.42 Å². The lowest BCUT2D eigenvalue weighted by atomic mass is 10.2. The molecule has 0 spiro atoms. The fraction of sp³-hybridized carbons (Fsp3) is 0.438. The third-order valence-electron chi connectivity index (χ3n) is 4.42. The second-order valence-electron chi connectivity index (χ2n) is 6.38. The molecular weight excluding hydrogens is 340 g/mol. The number of likely N-dealkylation sites (tertiary alicyclic amines) is 1. The summed E-state index contributed by atoms with van der Waals surface area (Å²) in [6, 6.07) is 3.10. The van der Waals surface area contributed by atoms with Gasteiger partial charge in [0.25, 0.3) is 0 Å². The zero-order valence-corrected chi connectivity index (χ0v) is 15.4. The second-order valence-corrected chi connectivity index (χ2v) is 8.38.